The van der Waals surface area contributed by atoms with Crippen molar-refractivity contribution in [2.24, 2.45) is 5.92 Å². The molecule has 1 saturated carbocycles. The molecule has 0 bridgehead atoms. The molecule has 2 aromatic carbocycles. The van der Waals surface area contributed by atoms with Crippen LogP contribution in [-0.2, 0) is 19.5 Å². The molecule has 0 amide bonds. The number of aryl methyl sites for hydroxylation is 2. The summed E-state index contributed by atoms with van der Waals surface area (Å²) in [5.41, 5.74) is 5.11. The van der Waals surface area contributed by atoms with Crippen LogP contribution in [0.15, 0.2) is 51.7 Å². The van der Waals surface area contributed by atoms with E-state index in [1.807, 2.05) is 31.6 Å². The molecule has 0 aliphatic heterocycles. The summed E-state index contributed by atoms with van der Waals surface area (Å²) >= 11 is 7.19. The Morgan fingerprint density at radius 2 is 1.95 bits per heavy atom. The van der Waals surface area contributed by atoms with Crippen molar-refractivity contribution >= 4 is 37.5 Å². The first kappa shape index (κ1) is 26.7. The van der Waals surface area contributed by atoms with E-state index in [1.54, 1.807) is 18.2 Å². The molecule has 0 N–H and O–H groups in total. The monoisotopic (exact) mass is 643 g/mol. The van der Waals surface area contributed by atoms with Crippen LogP contribution in [0, 0.1) is 35.7 Å². The number of halogens is 3. The lowest BCUT2D eigenvalue weighted by Gasteiger charge is -2.18. The maximum Gasteiger partial charge on any atom is 0.272 e. The first-order valence-corrected chi connectivity index (χ1v) is 14.2. The van der Waals surface area contributed by atoms with Gasteiger partial charge in [-0.1, -0.05) is 22.9 Å². The van der Waals surface area contributed by atoms with E-state index >= 15 is 0 Å². The van der Waals surface area contributed by atoms with Crippen molar-refractivity contribution in [3.05, 3.63) is 95.7 Å². The number of rotatable bonds is 9. The van der Waals surface area contributed by atoms with Crippen LogP contribution in [0.25, 0.3) is 11.4 Å². The van der Waals surface area contributed by atoms with E-state index in [9.17, 15) is 14.5 Å². The van der Waals surface area contributed by atoms with Gasteiger partial charge in [-0.25, -0.2) is 9.37 Å². The number of hydrogen-bond acceptors (Lipinski definition) is 4. The fourth-order valence-corrected chi connectivity index (χ4v) is 6.01. The van der Waals surface area contributed by atoms with Crippen LogP contribution in [0.3, 0.4) is 0 Å². The Morgan fingerprint density at radius 1 is 1.18 bits per heavy atom. The van der Waals surface area contributed by atoms with Gasteiger partial charge in [-0.05, 0) is 96.8 Å². The third-order valence-electron chi connectivity index (χ3n) is 7.09. The van der Waals surface area contributed by atoms with E-state index in [0.717, 1.165) is 49.5 Å². The van der Waals surface area contributed by atoms with Crippen LogP contribution in [-0.4, -0.2) is 24.3 Å². The molecule has 2 heterocycles. The molecule has 10 heteroatoms. The molecule has 198 valence electrons. The molecule has 7 nitrogen and oxygen atoms in total. The summed E-state index contributed by atoms with van der Waals surface area (Å²) in [5.74, 6) is 0.881. The number of benzene rings is 2. The lowest BCUT2D eigenvalue weighted by atomic mass is 9.89. The molecule has 0 saturated heterocycles. The van der Waals surface area contributed by atoms with Crippen molar-refractivity contribution in [3.8, 4) is 11.4 Å². The van der Waals surface area contributed by atoms with Gasteiger partial charge in [-0.2, -0.15) is 5.10 Å². The molecule has 1 fully saturated rings. The highest BCUT2D eigenvalue weighted by Gasteiger charge is 2.26. The Balaban J connectivity index is 1.51. The van der Waals surface area contributed by atoms with Crippen LogP contribution in [0.2, 0.25) is 0 Å². The van der Waals surface area contributed by atoms with Crippen LogP contribution in [0.1, 0.15) is 53.8 Å². The topological polar surface area (TPSA) is 78.8 Å². The van der Waals surface area contributed by atoms with Crippen LogP contribution < -0.4 is 0 Å². The first-order chi connectivity index (χ1) is 18.1. The maximum atomic E-state index is 14.5. The number of hydrogen-bond donors (Lipinski definition) is 0. The van der Waals surface area contributed by atoms with Crippen molar-refractivity contribution in [3.63, 3.8) is 0 Å². The Hall–Kier alpha value is -2.85. The molecular weight excluding hydrogens is 617 g/mol. The quantitative estimate of drug-likeness (QED) is 0.138. The minimum Gasteiger partial charge on any atom is -0.326 e. The number of aromatic nitrogens is 4. The van der Waals surface area contributed by atoms with Gasteiger partial charge in [-0.3, -0.25) is 14.8 Å². The van der Waals surface area contributed by atoms with E-state index in [0.29, 0.717) is 24.4 Å². The molecule has 38 heavy (non-hydrogen) atoms. The van der Waals surface area contributed by atoms with E-state index < -0.39 is 0 Å². The fraction of sp³-hybridized carbons (Fsp3) is 0.357. The van der Waals surface area contributed by atoms with E-state index in [4.69, 9.17) is 10.1 Å². The lowest BCUT2D eigenvalue weighted by Crippen LogP contribution is -2.08. The first-order valence-electron chi connectivity index (χ1n) is 12.6. The average Bonchev–Trinajstić information content (AvgIpc) is 3.54. The molecule has 1 aliphatic rings. The molecule has 1 atom stereocenters. The molecular formula is C28H28Br2FN5O2. The Bertz CT molecular complexity index is 1530. The van der Waals surface area contributed by atoms with Gasteiger partial charge in [0.15, 0.2) is 0 Å². The summed E-state index contributed by atoms with van der Waals surface area (Å²) in [4.78, 5) is 16.1. The molecule has 5 rings (SSSR count). The standard InChI is InChI=1S/C28H28Br2FN5O2/c1-16(10-20-11-21(29)6-9-26(20)36(37)38)24-12-22(31)7-8-23(24)28-32-17(2)13-34(28)15-25-18(3)33-35(27(25)30)14-19-4-5-19/h6-9,11-13,16,19H,4-5,10,14-15H2,1-3H3/t16-/m0/s1. The van der Waals surface area contributed by atoms with Crippen molar-refractivity contribution in [1.82, 2.24) is 19.3 Å². The summed E-state index contributed by atoms with van der Waals surface area (Å²) in [5, 5.41) is 16.4. The van der Waals surface area contributed by atoms with Crippen LogP contribution in [0.4, 0.5) is 10.1 Å². The van der Waals surface area contributed by atoms with Crippen molar-refractivity contribution in [2.45, 2.75) is 59.0 Å². The number of nitro benzene ring substituents is 1. The highest BCUT2D eigenvalue weighted by Crippen LogP contribution is 2.36. The lowest BCUT2D eigenvalue weighted by molar-refractivity contribution is -0.385. The Kier molecular flexibility index (Phi) is 7.55. The summed E-state index contributed by atoms with van der Waals surface area (Å²) in [6, 6.07) is 9.64. The van der Waals surface area contributed by atoms with Gasteiger partial charge in [0.05, 0.1) is 22.9 Å². The molecule has 2 aromatic heterocycles. The normalized spacial score (nSPS) is 14.2. The average molecular weight is 645 g/mol. The summed E-state index contributed by atoms with van der Waals surface area (Å²) < 4.78 is 20.4. The third-order valence-corrected chi connectivity index (χ3v) is 8.47. The van der Waals surface area contributed by atoms with Gasteiger partial charge in [-0.15, -0.1) is 0 Å². The fourth-order valence-electron chi connectivity index (χ4n) is 4.97. The second-order valence-electron chi connectivity index (χ2n) is 10.2. The Labute approximate surface area is 237 Å². The van der Waals surface area contributed by atoms with E-state index in [1.165, 1.54) is 31.0 Å². The summed E-state index contributed by atoms with van der Waals surface area (Å²) in [6.07, 6.45) is 4.88. The van der Waals surface area contributed by atoms with Gasteiger partial charge in [0.25, 0.3) is 5.69 Å². The largest absolute Gasteiger partial charge is 0.326 e. The zero-order valence-corrected chi connectivity index (χ0v) is 24.6. The molecule has 0 spiro atoms. The van der Waals surface area contributed by atoms with E-state index in [-0.39, 0.29) is 22.3 Å². The van der Waals surface area contributed by atoms with Gasteiger partial charge < -0.3 is 4.57 Å². The maximum absolute atomic E-state index is 14.5. The SMILES string of the molecule is Cc1cn(Cc2c(C)nn(CC3CC3)c2Br)c(-c2ccc(F)cc2[C@@H](C)Cc2cc(Br)ccc2[N+](=O)[O-])n1. The van der Waals surface area contributed by atoms with Gasteiger partial charge >= 0.3 is 0 Å². The van der Waals surface area contributed by atoms with E-state index in [2.05, 4.69) is 36.4 Å². The zero-order chi connectivity index (χ0) is 27.1. The molecule has 0 unspecified atom stereocenters. The van der Waals surface area contributed by atoms with Crippen molar-refractivity contribution in [1.29, 1.82) is 0 Å². The van der Waals surface area contributed by atoms with Gasteiger partial charge in [0.1, 0.15) is 16.2 Å². The predicted octanol–water partition coefficient (Wildman–Crippen LogP) is 7.74. The predicted molar refractivity (Wildman–Crippen MR) is 152 cm³/mol. The van der Waals surface area contributed by atoms with Gasteiger partial charge in [0, 0.05) is 40.0 Å². The molecule has 4 aromatic rings. The highest BCUT2D eigenvalue weighted by molar-refractivity contribution is 9.10. The second kappa shape index (κ2) is 10.7. The summed E-state index contributed by atoms with van der Waals surface area (Å²) in [6.45, 7) is 7.40. The minimum absolute atomic E-state index is 0.0545. The van der Waals surface area contributed by atoms with Crippen molar-refractivity contribution in [2.75, 3.05) is 0 Å². The molecule has 0 radical (unpaired) electrons. The minimum atomic E-state index is -0.374. The zero-order valence-electron chi connectivity index (χ0n) is 21.4. The summed E-state index contributed by atoms with van der Waals surface area (Å²) in [7, 11) is 0. The highest BCUT2D eigenvalue weighted by atomic mass is 79.9. The van der Waals surface area contributed by atoms with Gasteiger partial charge in [0.2, 0.25) is 0 Å². The van der Waals surface area contributed by atoms with Crippen LogP contribution >= 0.6 is 31.9 Å². The third kappa shape index (κ3) is 5.61. The number of imidazole rings is 1. The Morgan fingerprint density at radius 3 is 2.66 bits per heavy atom. The number of nitro groups is 1. The molecule has 1 aliphatic carbocycles. The van der Waals surface area contributed by atoms with Crippen molar-refractivity contribution < 1.29 is 9.31 Å². The smallest absolute Gasteiger partial charge is 0.272 e. The number of nitrogens with zero attached hydrogens (tertiary/aromatic N) is 5. The second-order valence-corrected chi connectivity index (χ2v) is 11.8. The van der Waals surface area contributed by atoms with Crippen LogP contribution in [0.5, 0.6) is 0 Å².